The Kier molecular flexibility index (Phi) is 3.57. The Morgan fingerprint density at radius 1 is 1.28 bits per heavy atom. The van der Waals surface area contributed by atoms with Crippen LogP contribution in [0.3, 0.4) is 0 Å². The van der Waals surface area contributed by atoms with Crippen LogP contribution in [0.1, 0.15) is 24.8 Å². The summed E-state index contributed by atoms with van der Waals surface area (Å²) in [5.41, 5.74) is 1.21. The van der Waals surface area contributed by atoms with Gasteiger partial charge in [-0.3, -0.25) is 0 Å². The number of halogens is 2. The molecule has 1 aromatic rings. The maximum Gasteiger partial charge on any atom is 0.0453 e. The molecule has 2 fully saturated rings. The van der Waals surface area contributed by atoms with Gasteiger partial charge < -0.3 is 5.32 Å². The fraction of sp³-hybridized carbons (Fsp3) is 0.600. The lowest BCUT2D eigenvalue weighted by Crippen LogP contribution is -2.31. The fourth-order valence-electron chi connectivity index (χ4n) is 3.83. The average Bonchev–Trinajstić information content (AvgIpc) is 2.82. The van der Waals surface area contributed by atoms with E-state index in [2.05, 4.69) is 18.4 Å². The summed E-state index contributed by atoms with van der Waals surface area (Å²) in [5, 5.41) is 5.01. The van der Waals surface area contributed by atoms with Crippen molar-refractivity contribution in [2.24, 2.45) is 17.8 Å². The quantitative estimate of drug-likeness (QED) is 0.875. The van der Waals surface area contributed by atoms with Crippen LogP contribution in [-0.2, 0) is 6.42 Å². The molecule has 0 bridgehead atoms. The monoisotopic (exact) mass is 283 g/mol. The molecule has 1 nitrogen and oxygen atoms in total. The molecule has 1 N–H and O–H groups in total. The Hall–Kier alpha value is -0.240. The van der Waals surface area contributed by atoms with Crippen molar-refractivity contribution >= 4 is 23.2 Å². The Morgan fingerprint density at radius 3 is 2.61 bits per heavy atom. The molecule has 0 radical (unpaired) electrons. The molecule has 0 aliphatic heterocycles. The SMILES string of the molecule is CNC(Cc1ccc(Cl)cc1Cl)C1C2CCCC21. The van der Waals surface area contributed by atoms with Crippen molar-refractivity contribution in [2.75, 3.05) is 7.05 Å². The van der Waals surface area contributed by atoms with Gasteiger partial charge in [0.2, 0.25) is 0 Å². The first-order valence-electron chi connectivity index (χ1n) is 6.82. The minimum atomic E-state index is 0.568. The molecular weight excluding hydrogens is 265 g/mol. The van der Waals surface area contributed by atoms with Gasteiger partial charge in [0.15, 0.2) is 0 Å². The number of rotatable bonds is 4. The highest BCUT2D eigenvalue weighted by molar-refractivity contribution is 6.35. The van der Waals surface area contributed by atoms with Gasteiger partial charge in [-0.05, 0) is 61.8 Å². The molecule has 3 atom stereocenters. The molecule has 0 spiro atoms. The van der Waals surface area contributed by atoms with Gasteiger partial charge in [0, 0.05) is 16.1 Å². The Bertz CT molecular complexity index is 436. The maximum absolute atomic E-state index is 6.26. The highest BCUT2D eigenvalue weighted by Gasteiger charge is 2.55. The van der Waals surface area contributed by atoms with Crippen LogP contribution >= 0.6 is 23.2 Å². The van der Waals surface area contributed by atoms with E-state index in [-0.39, 0.29) is 0 Å². The largest absolute Gasteiger partial charge is 0.316 e. The van der Waals surface area contributed by atoms with E-state index in [1.165, 1.54) is 24.8 Å². The van der Waals surface area contributed by atoms with Gasteiger partial charge >= 0.3 is 0 Å². The zero-order chi connectivity index (χ0) is 12.7. The van der Waals surface area contributed by atoms with Crippen LogP contribution in [-0.4, -0.2) is 13.1 Å². The average molecular weight is 284 g/mol. The van der Waals surface area contributed by atoms with Crippen LogP contribution < -0.4 is 5.32 Å². The van der Waals surface area contributed by atoms with E-state index in [0.29, 0.717) is 11.1 Å². The van der Waals surface area contributed by atoms with Crippen LogP contribution in [0.25, 0.3) is 0 Å². The number of hydrogen-bond donors (Lipinski definition) is 1. The molecule has 3 unspecified atom stereocenters. The Labute approximate surface area is 119 Å². The highest BCUT2D eigenvalue weighted by atomic mass is 35.5. The second-order valence-corrected chi connectivity index (χ2v) is 6.51. The van der Waals surface area contributed by atoms with Crippen molar-refractivity contribution in [1.82, 2.24) is 5.32 Å². The first-order valence-corrected chi connectivity index (χ1v) is 7.57. The third kappa shape index (κ3) is 2.29. The van der Waals surface area contributed by atoms with E-state index >= 15 is 0 Å². The summed E-state index contributed by atoms with van der Waals surface area (Å²) in [4.78, 5) is 0. The van der Waals surface area contributed by atoms with Gasteiger partial charge in [-0.2, -0.15) is 0 Å². The van der Waals surface area contributed by atoms with Crippen molar-refractivity contribution in [3.8, 4) is 0 Å². The van der Waals surface area contributed by atoms with Crippen molar-refractivity contribution in [2.45, 2.75) is 31.7 Å². The smallest absolute Gasteiger partial charge is 0.0453 e. The molecule has 2 saturated carbocycles. The molecule has 0 saturated heterocycles. The third-order valence-corrected chi connectivity index (χ3v) is 5.35. The molecule has 18 heavy (non-hydrogen) atoms. The van der Waals surface area contributed by atoms with E-state index in [1.54, 1.807) is 0 Å². The lowest BCUT2D eigenvalue weighted by atomic mass is 9.97. The van der Waals surface area contributed by atoms with Crippen molar-refractivity contribution in [3.63, 3.8) is 0 Å². The predicted octanol–water partition coefficient (Wildman–Crippen LogP) is 4.17. The number of fused-ring (bicyclic) bond motifs is 1. The minimum absolute atomic E-state index is 0.568. The van der Waals surface area contributed by atoms with E-state index in [4.69, 9.17) is 23.2 Å². The molecule has 3 heteroatoms. The zero-order valence-electron chi connectivity index (χ0n) is 10.6. The molecular formula is C15H19Cl2N. The van der Waals surface area contributed by atoms with Crippen molar-refractivity contribution in [3.05, 3.63) is 33.8 Å². The molecule has 0 aromatic heterocycles. The molecule has 98 valence electrons. The Balaban J connectivity index is 1.70. The summed E-state index contributed by atoms with van der Waals surface area (Å²) in [7, 11) is 2.07. The van der Waals surface area contributed by atoms with E-state index in [9.17, 15) is 0 Å². The molecule has 1 aromatic carbocycles. The minimum Gasteiger partial charge on any atom is -0.316 e. The summed E-state index contributed by atoms with van der Waals surface area (Å²) in [6.45, 7) is 0. The maximum atomic E-state index is 6.26. The first-order chi connectivity index (χ1) is 8.70. The lowest BCUT2D eigenvalue weighted by molar-refractivity contribution is 0.428. The highest BCUT2D eigenvalue weighted by Crippen LogP contribution is 2.59. The summed E-state index contributed by atoms with van der Waals surface area (Å²) in [5.74, 6) is 2.83. The van der Waals surface area contributed by atoms with Gasteiger partial charge in [-0.15, -0.1) is 0 Å². The van der Waals surface area contributed by atoms with Crippen LogP contribution in [0, 0.1) is 17.8 Å². The number of nitrogens with one attached hydrogen (secondary N) is 1. The number of hydrogen-bond acceptors (Lipinski definition) is 1. The van der Waals surface area contributed by atoms with Crippen LogP contribution in [0.4, 0.5) is 0 Å². The summed E-state index contributed by atoms with van der Waals surface area (Å²) < 4.78 is 0. The summed E-state index contributed by atoms with van der Waals surface area (Å²) >= 11 is 12.2. The standard InChI is InChI=1S/C15H19Cl2N/c1-18-14(15-11-3-2-4-12(11)15)7-9-5-6-10(16)8-13(9)17/h5-6,8,11-12,14-15,18H,2-4,7H2,1H3. The second-order valence-electron chi connectivity index (χ2n) is 5.67. The summed E-state index contributed by atoms with van der Waals surface area (Å²) in [6, 6.07) is 6.41. The number of likely N-dealkylation sites (N-methyl/N-ethyl adjacent to an activating group) is 1. The summed E-state index contributed by atoms with van der Waals surface area (Å²) in [6.07, 6.45) is 5.32. The molecule has 2 aliphatic rings. The van der Waals surface area contributed by atoms with Gasteiger partial charge in [-0.1, -0.05) is 35.7 Å². The van der Waals surface area contributed by atoms with Crippen molar-refractivity contribution < 1.29 is 0 Å². The second kappa shape index (κ2) is 5.03. The third-order valence-electron chi connectivity index (χ3n) is 4.76. The normalized spacial score (nSPS) is 31.2. The van der Waals surface area contributed by atoms with E-state index in [0.717, 1.165) is 29.2 Å². The van der Waals surface area contributed by atoms with Crippen molar-refractivity contribution in [1.29, 1.82) is 0 Å². The van der Waals surface area contributed by atoms with Gasteiger partial charge in [0.1, 0.15) is 0 Å². The Morgan fingerprint density at radius 2 is 2.00 bits per heavy atom. The fourth-order valence-corrected chi connectivity index (χ4v) is 4.31. The molecule has 3 rings (SSSR count). The number of benzene rings is 1. The zero-order valence-corrected chi connectivity index (χ0v) is 12.1. The molecule has 2 aliphatic carbocycles. The van der Waals surface area contributed by atoms with Crippen LogP contribution in [0.15, 0.2) is 18.2 Å². The van der Waals surface area contributed by atoms with Crippen LogP contribution in [0.5, 0.6) is 0 Å². The predicted molar refractivity (Wildman–Crippen MR) is 77.3 cm³/mol. The first kappa shape index (κ1) is 12.8. The van der Waals surface area contributed by atoms with Gasteiger partial charge in [-0.25, -0.2) is 0 Å². The molecule has 0 amide bonds. The van der Waals surface area contributed by atoms with Crippen LogP contribution in [0.2, 0.25) is 10.0 Å². The van der Waals surface area contributed by atoms with E-state index < -0.39 is 0 Å². The lowest BCUT2D eigenvalue weighted by Gasteiger charge is -2.19. The van der Waals surface area contributed by atoms with Gasteiger partial charge in [0.05, 0.1) is 0 Å². The van der Waals surface area contributed by atoms with E-state index in [1.807, 2.05) is 12.1 Å². The topological polar surface area (TPSA) is 12.0 Å². The van der Waals surface area contributed by atoms with Gasteiger partial charge in [0.25, 0.3) is 0 Å². The molecule has 0 heterocycles.